The zero-order valence-electron chi connectivity index (χ0n) is 16.6. The third-order valence-corrected chi connectivity index (χ3v) is 5.05. The van der Waals surface area contributed by atoms with Crippen molar-refractivity contribution in [2.75, 3.05) is 0 Å². The molecule has 4 heteroatoms. The molecule has 3 heterocycles. The van der Waals surface area contributed by atoms with Gasteiger partial charge in [0.15, 0.2) is 0 Å². The summed E-state index contributed by atoms with van der Waals surface area (Å²) in [6.45, 7) is 1.98. The maximum atomic E-state index is 4.43. The lowest BCUT2D eigenvalue weighted by Gasteiger charge is -2.02. The molecule has 0 radical (unpaired) electrons. The first kappa shape index (κ1) is 18.0. The number of aryl methyl sites for hydroxylation is 1. The molecule has 30 heavy (non-hydrogen) atoms. The lowest BCUT2D eigenvalue weighted by Crippen LogP contribution is -2.10. The standard InChI is InChI=1S/C26H20N4/c1-18-13-24(29-17-28-18)20-8-6-7-19(14-20)15-25-22-10-2-3-11-23(22)26(30-25)16-21-9-4-5-12-27-21/h2-17,30H,1H3. The first-order valence-corrected chi connectivity index (χ1v) is 9.86. The van der Waals surface area contributed by atoms with Gasteiger partial charge in [-0.3, -0.25) is 4.98 Å². The topological polar surface area (TPSA) is 54.5 Å². The quantitative estimate of drug-likeness (QED) is 0.509. The fourth-order valence-electron chi connectivity index (χ4n) is 3.64. The van der Waals surface area contributed by atoms with Gasteiger partial charge in [-0.15, -0.1) is 0 Å². The second-order valence-electron chi connectivity index (χ2n) is 7.21. The van der Waals surface area contributed by atoms with Crippen LogP contribution in [0.4, 0.5) is 0 Å². The average molecular weight is 388 g/mol. The molecule has 0 fully saturated rings. The van der Waals surface area contributed by atoms with Crippen LogP contribution in [0, 0.1) is 6.92 Å². The zero-order valence-corrected chi connectivity index (χ0v) is 16.6. The van der Waals surface area contributed by atoms with E-state index in [-0.39, 0.29) is 0 Å². The summed E-state index contributed by atoms with van der Waals surface area (Å²) in [7, 11) is 0. The van der Waals surface area contributed by atoms with E-state index in [4.69, 9.17) is 0 Å². The summed E-state index contributed by atoms with van der Waals surface area (Å²) in [4.78, 5) is 16.6. The summed E-state index contributed by atoms with van der Waals surface area (Å²) in [5, 5.41) is 4.49. The molecule has 5 rings (SSSR count). The molecule has 0 saturated carbocycles. The number of rotatable bonds is 3. The Morgan fingerprint density at radius 3 is 2.30 bits per heavy atom. The number of aromatic nitrogens is 4. The van der Waals surface area contributed by atoms with Crippen molar-refractivity contribution in [3.05, 3.63) is 113 Å². The minimum absolute atomic E-state index is 0.928. The van der Waals surface area contributed by atoms with Crippen molar-refractivity contribution in [1.82, 2.24) is 19.9 Å². The Labute approximate surface area is 174 Å². The van der Waals surface area contributed by atoms with Crippen LogP contribution in [0.5, 0.6) is 0 Å². The highest BCUT2D eigenvalue weighted by Gasteiger charge is 2.03. The van der Waals surface area contributed by atoms with E-state index >= 15 is 0 Å². The molecule has 2 aromatic carbocycles. The highest BCUT2D eigenvalue weighted by molar-refractivity contribution is 5.85. The first-order valence-electron chi connectivity index (χ1n) is 9.86. The van der Waals surface area contributed by atoms with Crippen LogP contribution >= 0.6 is 0 Å². The molecule has 3 aromatic heterocycles. The lowest BCUT2D eigenvalue weighted by atomic mass is 10.1. The van der Waals surface area contributed by atoms with E-state index in [1.165, 1.54) is 10.8 Å². The van der Waals surface area contributed by atoms with Crippen LogP contribution in [-0.2, 0) is 0 Å². The van der Waals surface area contributed by atoms with Gasteiger partial charge in [0.1, 0.15) is 6.33 Å². The largest absolute Gasteiger partial charge is 0.354 e. The Bertz CT molecular complexity index is 1450. The van der Waals surface area contributed by atoms with Crippen LogP contribution in [0.1, 0.15) is 17.0 Å². The number of nitrogens with one attached hydrogen (secondary N) is 1. The normalized spacial score (nSPS) is 12.6. The van der Waals surface area contributed by atoms with Gasteiger partial charge in [0.05, 0.1) is 11.4 Å². The van der Waals surface area contributed by atoms with Gasteiger partial charge in [0.25, 0.3) is 0 Å². The summed E-state index contributed by atoms with van der Waals surface area (Å²) in [6.07, 6.45) is 7.68. The smallest absolute Gasteiger partial charge is 0.116 e. The SMILES string of the molecule is Cc1cc(-c2cccc(C=c3[nH]c(=Cc4ccccn4)c4ccccc34)c2)ncn1. The molecule has 0 atom stereocenters. The van der Waals surface area contributed by atoms with Crippen LogP contribution in [0.25, 0.3) is 34.2 Å². The van der Waals surface area contributed by atoms with E-state index in [0.29, 0.717) is 0 Å². The Hall–Kier alpha value is -4.05. The van der Waals surface area contributed by atoms with E-state index in [1.807, 2.05) is 37.4 Å². The molecule has 0 amide bonds. The van der Waals surface area contributed by atoms with Crippen molar-refractivity contribution in [2.45, 2.75) is 6.92 Å². The number of aromatic amines is 1. The van der Waals surface area contributed by atoms with Crippen molar-refractivity contribution >= 4 is 22.9 Å². The number of pyridine rings is 1. The van der Waals surface area contributed by atoms with Gasteiger partial charge in [0.2, 0.25) is 0 Å². The highest BCUT2D eigenvalue weighted by atomic mass is 14.8. The second kappa shape index (κ2) is 7.76. The Morgan fingerprint density at radius 2 is 1.53 bits per heavy atom. The number of benzene rings is 2. The van der Waals surface area contributed by atoms with Gasteiger partial charge in [0, 0.05) is 38.9 Å². The van der Waals surface area contributed by atoms with Crippen LogP contribution < -0.4 is 10.7 Å². The molecule has 0 unspecified atom stereocenters. The van der Waals surface area contributed by atoms with Gasteiger partial charge >= 0.3 is 0 Å². The predicted octanol–water partition coefficient (Wildman–Crippen LogP) is 3.99. The van der Waals surface area contributed by atoms with Crippen LogP contribution in [0.15, 0.2) is 85.3 Å². The first-order chi connectivity index (χ1) is 14.8. The fraction of sp³-hybridized carbons (Fsp3) is 0.0385. The Kier molecular flexibility index (Phi) is 4.66. The molecular weight excluding hydrogens is 368 g/mol. The second-order valence-corrected chi connectivity index (χ2v) is 7.21. The number of nitrogens with zero attached hydrogens (tertiary/aromatic N) is 3. The molecule has 1 N–H and O–H groups in total. The summed E-state index contributed by atoms with van der Waals surface area (Å²) in [6, 6.07) is 24.7. The Balaban J connectivity index is 1.66. The van der Waals surface area contributed by atoms with Gasteiger partial charge in [-0.25, -0.2) is 9.97 Å². The number of fused-ring (bicyclic) bond motifs is 1. The van der Waals surface area contributed by atoms with E-state index in [9.17, 15) is 0 Å². The van der Waals surface area contributed by atoms with E-state index in [2.05, 4.69) is 80.6 Å². The van der Waals surface area contributed by atoms with Crippen molar-refractivity contribution in [3.8, 4) is 11.3 Å². The molecule has 0 aliphatic rings. The molecule has 0 aliphatic heterocycles. The summed E-state index contributed by atoms with van der Waals surface area (Å²) in [5.41, 5.74) is 5.00. The third-order valence-electron chi connectivity index (χ3n) is 5.05. The predicted molar refractivity (Wildman–Crippen MR) is 121 cm³/mol. The molecule has 0 bridgehead atoms. The van der Waals surface area contributed by atoms with Crippen molar-refractivity contribution in [1.29, 1.82) is 0 Å². The number of hydrogen-bond acceptors (Lipinski definition) is 3. The third kappa shape index (κ3) is 3.63. The summed E-state index contributed by atoms with van der Waals surface area (Å²) in [5.74, 6) is 0. The van der Waals surface area contributed by atoms with Crippen molar-refractivity contribution < 1.29 is 0 Å². The van der Waals surface area contributed by atoms with Crippen LogP contribution in [0.3, 0.4) is 0 Å². The molecule has 4 nitrogen and oxygen atoms in total. The molecule has 0 spiro atoms. The number of H-pyrrole nitrogens is 1. The van der Waals surface area contributed by atoms with Gasteiger partial charge < -0.3 is 4.98 Å². The molecular formula is C26H20N4. The minimum atomic E-state index is 0.928. The zero-order chi connectivity index (χ0) is 20.3. The van der Waals surface area contributed by atoms with E-state index < -0.39 is 0 Å². The van der Waals surface area contributed by atoms with E-state index in [0.717, 1.165) is 38.9 Å². The Morgan fingerprint density at radius 1 is 0.733 bits per heavy atom. The van der Waals surface area contributed by atoms with Crippen LogP contribution in [-0.4, -0.2) is 19.9 Å². The highest BCUT2D eigenvalue weighted by Crippen LogP contribution is 2.19. The average Bonchev–Trinajstić information content (AvgIpc) is 3.12. The minimum Gasteiger partial charge on any atom is -0.354 e. The van der Waals surface area contributed by atoms with Gasteiger partial charge in [-0.05, 0) is 48.9 Å². The fourth-order valence-corrected chi connectivity index (χ4v) is 3.64. The lowest BCUT2D eigenvalue weighted by molar-refractivity contribution is 1.11. The molecule has 0 saturated heterocycles. The summed E-state index contributed by atoms with van der Waals surface area (Å²) >= 11 is 0. The maximum absolute atomic E-state index is 4.43. The maximum Gasteiger partial charge on any atom is 0.116 e. The number of hydrogen-bond donors (Lipinski definition) is 1. The van der Waals surface area contributed by atoms with Crippen molar-refractivity contribution in [2.24, 2.45) is 0 Å². The van der Waals surface area contributed by atoms with Gasteiger partial charge in [-0.1, -0.05) is 48.5 Å². The van der Waals surface area contributed by atoms with Gasteiger partial charge in [-0.2, -0.15) is 0 Å². The monoisotopic (exact) mass is 388 g/mol. The van der Waals surface area contributed by atoms with Crippen LogP contribution in [0.2, 0.25) is 0 Å². The molecule has 5 aromatic rings. The molecule has 0 aliphatic carbocycles. The van der Waals surface area contributed by atoms with E-state index in [1.54, 1.807) is 6.33 Å². The van der Waals surface area contributed by atoms with Crippen molar-refractivity contribution in [3.63, 3.8) is 0 Å². The summed E-state index contributed by atoms with van der Waals surface area (Å²) < 4.78 is 0. The molecule has 144 valence electrons.